The minimum atomic E-state index is -3.44. The van der Waals surface area contributed by atoms with Crippen molar-refractivity contribution in [2.75, 3.05) is 6.54 Å². The van der Waals surface area contributed by atoms with Gasteiger partial charge in [0.05, 0.1) is 4.90 Å². The Bertz CT molecular complexity index is 522. The van der Waals surface area contributed by atoms with Crippen molar-refractivity contribution in [3.05, 3.63) is 41.0 Å². The molecule has 0 saturated carbocycles. The highest BCUT2D eigenvalue weighted by molar-refractivity contribution is 7.89. The lowest BCUT2D eigenvalue weighted by molar-refractivity contribution is 0.583. The number of hydrogen-bond donors (Lipinski definition) is 1. The van der Waals surface area contributed by atoms with E-state index in [9.17, 15) is 8.42 Å². The molecule has 3 nitrogen and oxygen atoms in total. The van der Waals surface area contributed by atoms with Gasteiger partial charge in [-0.2, -0.15) is 0 Å². The zero-order chi connectivity index (χ0) is 13.2. The highest BCUT2D eigenvalue weighted by Gasteiger charge is 2.19. The van der Waals surface area contributed by atoms with E-state index in [0.717, 1.165) is 22.3 Å². The third-order valence-corrected chi connectivity index (χ3v) is 4.14. The molecule has 17 heavy (non-hydrogen) atoms. The van der Waals surface area contributed by atoms with Crippen molar-refractivity contribution < 1.29 is 8.42 Å². The Morgan fingerprint density at radius 2 is 1.71 bits per heavy atom. The van der Waals surface area contributed by atoms with E-state index in [0.29, 0.717) is 4.90 Å². The third-order valence-electron chi connectivity index (χ3n) is 2.44. The van der Waals surface area contributed by atoms with E-state index < -0.39 is 10.0 Å². The van der Waals surface area contributed by atoms with Crippen molar-refractivity contribution in [1.82, 2.24) is 4.72 Å². The molecule has 1 aromatic rings. The van der Waals surface area contributed by atoms with E-state index in [1.54, 1.807) is 6.92 Å². The second-order valence-corrected chi connectivity index (χ2v) is 6.21. The van der Waals surface area contributed by atoms with Crippen LogP contribution < -0.4 is 4.72 Å². The molecule has 0 atom stereocenters. The summed E-state index contributed by atoms with van der Waals surface area (Å²) in [6, 6.07) is 3.75. The largest absolute Gasteiger partial charge is 0.241 e. The predicted molar refractivity (Wildman–Crippen MR) is 70.7 cm³/mol. The highest BCUT2D eigenvalue weighted by Crippen LogP contribution is 2.21. The van der Waals surface area contributed by atoms with Crippen LogP contribution in [0.1, 0.15) is 23.6 Å². The number of hydrogen-bond acceptors (Lipinski definition) is 2. The highest BCUT2D eigenvalue weighted by atomic mass is 32.2. The molecule has 0 bridgehead atoms. The Morgan fingerprint density at radius 3 is 2.12 bits per heavy atom. The zero-order valence-corrected chi connectivity index (χ0v) is 11.6. The minimum absolute atomic E-state index is 0.273. The number of sulfonamides is 1. The minimum Gasteiger partial charge on any atom is -0.207 e. The maximum Gasteiger partial charge on any atom is 0.241 e. The molecule has 0 radical (unpaired) electrons. The van der Waals surface area contributed by atoms with Crippen LogP contribution in [0.5, 0.6) is 0 Å². The molecule has 0 unspecified atom stereocenters. The van der Waals surface area contributed by atoms with Gasteiger partial charge in [-0.25, -0.2) is 13.1 Å². The summed E-state index contributed by atoms with van der Waals surface area (Å²) in [5.41, 5.74) is 3.41. The van der Waals surface area contributed by atoms with Crippen molar-refractivity contribution in [2.45, 2.75) is 32.6 Å². The standard InChI is InChI=1S/C13H19NO2S/c1-9(2)8-14-17(15,16)13-11(4)6-10(3)7-12(13)5/h6-7,14H,1,8H2,2-5H3. The van der Waals surface area contributed by atoms with Crippen LogP contribution in [0.2, 0.25) is 0 Å². The summed E-state index contributed by atoms with van der Waals surface area (Å²) in [7, 11) is -3.44. The number of benzene rings is 1. The second kappa shape index (κ2) is 5.02. The van der Waals surface area contributed by atoms with Crippen LogP contribution in [0, 0.1) is 20.8 Å². The van der Waals surface area contributed by atoms with Gasteiger partial charge in [0.2, 0.25) is 10.0 Å². The van der Waals surface area contributed by atoms with Gasteiger partial charge in [-0.15, -0.1) is 0 Å². The molecule has 0 heterocycles. The van der Waals surface area contributed by atoms with Gasteiger partial charge in [0.15, 0.2) is 0 Å². The Morgan fingerprint density at radius 1 is 1.24 bits per heavy atom. The van der Waals surface area contributed by atoms with Gasteiger partial charge in [0.1, 0.15) is 0 Å². The first-order chi connectivity index (χ1) is 7.74. The molecule has 94 valence electrons. The Labute approximate surface area is 104 Å². The van der Waals surface area contributed by atoms with Gasteiger partial charge in [-0.1, -0.05) is 29.8 Å². The first-order valence-electron chi connectivity index (χ1n) is 5.46. The van der Waals surface area contributed by atoms with Crippen LogP contribution in [0.25, 0.3) is 0 Å². The third kappa shape index (κ3) is 3.41. The van der Waals surface area contributed by atoms with Crippen LogP contribution in [0.15, 0.2) is 29.2 Å². The smallest absolute Gasteiger partial charge is 0.207 e. The lowest BCUT2D eigenvalue weighted by atomic mass is 10.1. The van der Waals surface area contributed by atoms with Gasteiger partial charge in [-0.05, 0) is 38.8 Å². The average Bonchev–Trinajstić information content (AvgIpc) is 2.12. The molecule has 0 aliphatic heterocycles. The van der Waals surface area contributed by atoms with E-state index in [1.165, 1.54) is 0 Å². The molecule has 0 amide bonds. The van der Waals surface area contributed by atoms with Crippen molar-refractivity contribution in [1.29, 1.82) is 0 Å². The van der Waals surface area contributed by atoms with Gasteiger partial charge in [0, 0.05) is 6.54 Å². The van der Waals surface area contributed by atoms with E-state index in [-0.39, 0.29) is 6.54 Å². The van der Waals surface area contributed by atoms with Crippen LogP contribution in [-0.2, 0) is 10.0 Å². The Kier molecular flexibility index (Phi) is 4.11. The molecule has 4 heteroatoms. The fourth-order valence-corrected chi connectivity index (χ4v) is 3.43. The summed E-state index contributed by atoms with van der Waals surface area (Å²) in [5, 5.41) is 0. The van der Waals surface area contributed by atoms with Crippen LogP contribution in [0.3, 0.4) is 0 Å². The predicted octanol–water partition coefficient (Wildman–Crippen LogP) is 2.47. The normalized spacial score (nSPS) is 11.5. The molecule has 0 aliphatic carbocycles. The fraction of sp³-hybridized carbons (Fsp3) is 0.385. The molecule has 1 rings (SSSR count). The molecule has 1 aromatic carbocycles. The first-order valence-corrected chi connectivity index (χ1v) is 6.94. The topological polar surface area (TPSA) is 46.2 Å². The van der Waals surface area contributed by atoms with Gasteiger partial charge < -0.3 is 0 Å². The van der Waals surface area contributed by atoms with E-state index in [1.807, 2.05) is 32.9 Å². The molecule has 1 N–H and O–H groups in total. The zero-order valence-electron chi connectivity index (χ0n) is 10.8. The fourth-order valence-electron chi connectivity index (χ4n) is 1.88. The average molecular weight is 253 g/mol. The van der Waals surface area contributed by atoms with Crippen molar-refractivity contribution in [3.8, 4) is 0 Å². The summed E-state index contributed by atoms with van der Waals surface area (Å²) in [5.74, 6) is 0. The van der Waals surface area contributed by atoms with E-state index >= 15 is 0 Å². The maximum absolute atomic E-state index is 12.1. The monoisotopic (exact) mass is 253 g/mol. The summed E-state index contributed by atoms with van der Waals surface area (Å²) < 4.78 is 26.8. The number of aryl methyl sites for hydroxylation is 3. The Hall–Kier alpha value is -1.13. The molecule has 0 spiro atoms. The summed E-state index contributed by atoms with van der Waals surface area (Å²) in [6.45, 7) is 11.3. The quantitative estimate of drug-likeness (QED) is 0.838. The second-order valence-electron chi connectivity index (χ2n) is 4.51. The Balaban J connectivity index is 3.20. The lowest BCUT2D eigenvalue weighted by Crippen LogP contribution is -2.26. The van der Waals surface area contributed by atoms with Crippen LogP contribution in [-0.4, -0.2) is 15.0 Å². The summed E-state index contributed by atoms with van der Waals surface area (Å²) >= 11 is 0. The van der Waals surface area contributed by atoms with Crippen LogP contribution >= 0.6 is 0 Å². The first kappa shape index (κ1) is 13.9. The molecule has 0 aromatic heterocycles. The molecule has 0 fully saturated rings. The van der Waals surface area contributed by atoms with Gasteiger partial charge in [0.25, 0.3) is 0 Å². The number of rotatable bonds is 4. The maximum atomic E-state index is 12.1. The molecule has 0 saturated heterocycles. The van der Waals surface area contributed by atoms with Crippen molar-refractivity contribution >= 4 is 10.0 Å². The molecular weight excluding hydrogens is 234 g/mol. The summed E-state index contributed by atoms with van der Waals surface area (Å²) in [4.78, 5) is 0.379. The summed E-state index contributed by atoms with van der Waals surface area (Å²) in [6.07, 6.45) is 0. The van der Waals surface area contributed by atoms with Gasteiger partial charge in [-0.3, -0.25) is 0 Å². The molecular formula is C13H19NO2S. The SMILES string of the molecule is C=C(C)CNS(=O)(=O)c1c(C)cc(C)cc1C. The van der Waals surface area contributed by atoms with E-state index in [4.69, 9.17) is 0 Å². The van der Waals surface area contributed by atoms with Crippen molar-refractivity contribution in [2.24, 2.45) is 0 Å². The lowest BCUT2D eigenvalue weighted by Gasteiger charge is -2.13. The van der Waals surface area contributed by atoms with Crippen LogP contribution in [0.4, 0.5) is 0 Å². The van der Waals surface area contributed by atoms with Gasteiger partial charge >= 0.3 is 0 Å². The van der Waals surface area contributed by atoms with E-state index in [2.05, 4.69) is 11.3 Å². The van der Waals surface area contributed by atoms with Crippen molar-refractivity contribution in [3.63, 3.8) is 0 Å². The number of nitrogens with one attached hydrogen (secondary N) is 1. The molecule has 0 aliphatic rings.